The summed E-state index contributed by atoms with van der Waals surface area (Å²) >= 11 is 0. The molecule has 30 heavy (non-hydrogen) atoms. The summed E-state index contributed by atoms with van der Waals surface area (Å²) in [6, 6.07) is 14.8. The minimum atomic E-state index is -3.56. The smallest absolute Gasteiger partial charge is 0.240 e. The Balaban J connectivity index is 1.45. The number of carbonyl (C=O) groups excluding carboxylic acids is 1. The monoisotopic (exact) mass is 429 g/mol. The zero-order chi connectivity index (χ0) is 21.4. The van der Waals surface area contributed by atoms with E-state index in [0.29, 0.717) is 18.7 Å². The number of carbonyl (C=O) groups is 1. The topological polar surface area (TPSA) is 78.5 Å². The maximum atomic E-state index is 12.5. The molecule has 0 atom stereocenters. The number of rotatable bonds is 10. The van der Waals surface area contributed by atoms with Gasteiger partial charge < -0.3 is 10.2 Å². The lowest BCUT2D eigenvalue weighted by Crippen LogP contribution is -2.25. The number of hydrogen-bond donors (Lipinski definition) is 2. The van der Waals surface area contributed by atoms with E-state index < -0.39 is 10.0 Å². The molecule has 2 aromatic rings. The fourth-order valence-corrected chi connectivity index (χ4v) is 4.67. The SMILES string of the molecule is CCCC(=O)Nc1ccc(S(=O)(=O)NCCCc2ccc(N3CCCC3)cc2)cc1. The van der Waals surface area contributed by atoms with Crippen molar-refractivity contribution in [3.05, 3.63) is 54.1 Å². The van der Waals surface area contributed by atoms with Gasteiger partial charge in [-0.25, -0.2) is 13.1 Å². The van der Waals surface area contributed by atoms with Crippen molar-refractivity contribution >= 4 is 27.3 Å². The molecule has 1 aliphatic rings. The summed E-state index contributed by atoms with van der Waals surface area (Å²) in [5, 5.41) is 2.76. The van der Waals surface area contributed by atoms with Gasteiger partial charge in [0.05, 0.1) is 4.90 Å². The maximum Gasteiger partial charge on any atom is 0.240 e. The highest BCUT2D eigenvalue weighted by atomic mass is 32.2. The Kier molecular flexibility index (Phi) is 7.87. The Morgan fingerprint density at radius 3 is 2.30 bits per heavy atom. The molecule has 3 rings (SSSR count). The van der Waals surface area contributed by atoms with E-state index in [1.54, 1.807) is 12.1 Å². The highest BCUT2D eigenvalue weighted by Crippen LogP contribution is 2.21. The van der Waals surface area contributed by atoms with Gasteiger partial charge in [-0.15, -0.1) is 0 Å². The molecule has 1 heterocycles. The largest absolute Gasteiger partial charge is 0.372 e. The van der Waals surface area contributed by atoms with Gasteiger partial charge in [-0.1, -0.05) is 19.1 Å². The van der Waals surface area contributed by atoms with Crippen molar-refractivity contribution in [2.75, 3.05) is 29.9 Å². The lowest BCUT2D eigenvalue weighted by molar-refractivity contribution is -0.116. The number of aryl methyl sites for hydroxylation is 1. The predicted molar refractivity (Wildman–Crippen MR) is 121 cm³/mol. The quantitative estimate of drug-likeness (QED) is 0.561. The molecule has 1 aliphatic heterocycles. The second kappa shape index (κ2) is 10.6. The third-order valence-corrected chi connectivity index (χ3v) is 6.74. The van der Waals surface area contributed by atoms with Gasteiger partial charge in [-0.05, 0) is 74.1 Å². The number of sulfonamides is 1. The molecule has 6 nitrogen and oxygen atoms in total. The van der Waals surface area contributed by atoms with Crippen LogP contribution in [0.4, 0.5) is 11.4 Å². The van der Waals surface area contributed by atoms with E-state index in [2.05, 4.69) is 39.2 Å². The molecule has 7 heteroatoms. The van der Waals surface area contributed by atoms with E-state index in [-0.39, 0.29) is 10.8 Å². The number of anilines is 2. The van der Waals surface area contributed by atoms with E-state index in [1.165, 1.54) is 36.2 Å². The van der Waals surface area contributed by atoms with Gasteiger partial charge in [0.15, 0.2) is 0 Å². The van der Waals surface area contributed by atoms with E-state index in [0.717, 1.165) is 32.4 Å². The summed E-state index contributed by atoms with van der Waals surface area (Å²) in [6.07, 6.45) is 5.29. The molecule has 2 aromatic carbocycles. The van der Waals surface area contributed by atoms with Crippen LogP contribution in [0.25, 0.3) is 0 Å². The van der Waals surface area contributed by atoms with Gasteiger partial charge in [0.25, 0.3) is 0 Å². The van der Waals surface area contributed by atoms with Crippen molar-refractivity contribution in [1.82, 2.24) is 4.72 Å². The summed E-state index contributed by atoms with van der Waals surface area (Å²) in [6.45, 7) is 4.58. The van der Waals surface area contributed by atoms with Crippen LogP contribution in [0.3, 0.4) is 0 Å². The van der Waals surface area contributed by atoms with E-state index in [4.69, 9.17) is 0 Å². The molecule has 162 valence electrons. The number of hydrogen-bond acceptors (Lipinski definition) is 4. The fraction of sp³-hybridized carbons (Fsp3) is 0.435. The average molecular weight is 430 g/mol. The second-order valence-corrected chi connectivity index (χ2v) is 9.45. The molecule has 0 unspecified atom stereocenters. The van der Waals surface area contributed by atoms with Gasteiger partial charge in [0.1, 0.15) is 0 Å². The molecule has 1 saturated heterocycles. The van der Waals surface area contributed by atoms with Gasteiger partial charge in [0, 0.05) is 37.4 Å². The summed E-state index contributed by atoms with van der Waals surface area (Å²) in [4.78, 5) is 14.2. The number of nitrogens with one attached hydrogen (secondary N) is 2. The summed E-state index contributed by atoms with van der Waals surface area (Å²) in [7, 11) is -3.56. The van der Waals surface area contributed by atoms with Crippen LogP contribution in [0.5, 0.6) is 0 Å². The molecule has 0 aliphatic carbocycles. The number of nitrogens with zero attached hydrogens (tertiary/aromatic N) is 1. The Labute approximate surface area is 179 Å². The van der Waals surface area contributed by atoms with Gasteiger partial charge in [-0.2, -0.15) is 0 Å². The summed E-state index contributed by atoms with van der Waals surface area (Å²) in [5.41, 5.74) is 3.08. The first-order valence-electron chi connectivity index (χ1n) is 10.7. The van der Waals surface area contributed by atoms with Crippen molar-refractivity contribution in [2.45, 2.75) is 50.3 Å². The van der Waals surface area contributed by atoms with Crippen molar-refractivity contribution in [2.24, 2.45) is 0 Å². The van der Waals surface area contributed by atoms with Gasteiger partial charge in [0.2, 0.25) is 15.9 Å². The third-order valence-electron chi connectivity index (χ3n) is 5.27. The minimum Gasteiger partial charge on any atom is -0.372 e. The van der Waals surface area contributed by atoms with E-state index >= 15 is 0 Å². The third kappa shape index (κ3) is 6.31. The van der Waals surface area contributed by atoms with Crippen LogP contribution < -0.4 is 14.9 Å². The first-order chi connectivity index (χ1) is 14.5. The minimum absolute atomic E-state index is 0.0697. The van der Waals surface area contributed by atoms with E-state index in [9.17, 15) is 13.2 Å². The Hall–Kier alpha value is -2.38. The number of benzene rings is 2. The molecule has 0 radical (unpaired) electrons. The molecule has 0 bridgehead atoms. The highest BCUT2D eigenvalue weighted by Gasteiger charge is 2.14. The van der Waals surface area contributed by atoms with Crippen LogP contribution in [0, 0.1) is 0 Å². The van der Waals surface area contributed by atoms with Crippen molar-refractivity contribution in [3.63, 3.8) is 0 Å². The molecule has 0 spiro atoms. The Morgan fingerprint density at radius 2 is 1.67 bits per heavy atom. The Bertz CT molecular complexity index is 919. The zero-order valence-corrected chi connectivity index (χ0v) is 18.4. The van der Waals surface area contributed by atoms with Crippen LogP contribution in [0.1, 0.15) is 44.6 Å². The molecule has 1 amide bonds. The molecule has 0 saturated carbocycles. The maximum absolute atomic E-state index is 12.5. The molecule has 1 fully saturated rings. The molecule has 2 N–H and O–H groups in total. The summed E-state index contributed by atoms with van der Waals surface area (Å²) in [5.74, 6) is -0.0697. The van der Waals surface area contributed by atoms with Gasteiger partial charge >= 0.3 is 0 Å². The van der Waals surface area contributed by atoms with Crippen LogP contribution in [-0.4, -0.2) is 34.0 Å². The van der Waals surface area contributed by atoms with E-state index in [1.807, 2.05) is 6.92 Å². The van der Waals surface area contributed by atoms with Crippen LogP contribution in [-0.2, 0) is 21.2 Å². The number of amides is 1. The lowest BCUT2D eigenvalue weighted by atomic mass is 10.1. The standard InChI is InChI=1S/C23H31N3O3S/c1-2-6-23(27)25-20-10-14-22(15-11-20)30(28,29)24-16-5-7-19-8-12-21(13-9-19)26-17-3-4-18-26/h8-15,24H,2-7,16-18H2,1H3,(H,25,27). The van der Waals surface area contributed by atoms with Crippen molar-refractivity contribution in [3.8, 4) is 0 Å². The predicted octanol–water partition coefficient (Wildman–Crippen LogP) is 3.94. The molecule has 0 aromatic heterocycles. The first kappa shape index (κ1) is 22.3. The zero-order valence-electron chi connectivity index (χ0n) is 17.6. The van der Waals surface area contributed by atoms with Crippen LogP contribution in [0.2, 0.25) is 0 Å². The molecular weight excluding hydrogens is 398 g/mol. The molecular formula is C23H31N3O3S. The normalized spacial score (nSPS) is 14.1. The lowest BCUT2D eigenvalue weighted by Gasteiger charge is -2.17. The summed E-state index contributed by atoms with van der Waals surface area (Å²) < 4.78 is 27.6. The van der Waals surface area contributed by atoms with Crippen molar-refractivity contribution in [1.29, 1.82) is 0 Å². The Morgan fingerprint density at radius 1 is 1.00 bits per heavy atom. The average Bonchev–Trinajstić information content (AvgIpc) is 3.27. The second-order valence-electron chi connectivity index (χ2n) is 7.68. The van der Waals surface area contributed by atoms with Crippen molar-refractivity contribution < 1.29 is 13.2 Å². The highest BCUT2D eigenvalue weighted by molar-refractivity contribution is 7.89. The van der Waals surface area contributed by atoms with Crippen LogP contribution >= 0.6 is 0 Å². The fourth-order valence-electron chi connectivity index (χ4n) is 3.60. The van der Waals surface area contributed by atoms with Crippen LogP contribution in [0.15, 0.2) is 53.4 Å². The van der Waals surface area contributed by atoms with Gasteiger partial charge in [-0.3, -0.25) is 4.79 Å². The first-order valence-corrected chi connectivity index (χ1v) is 12.2.